The number of anilines is 1. The van der Waals surface area contributed by atoms with Crippen molar-refractivity contribution in [2.75, 3.05) is 19.3 Å². The van der Waals surface area contributed by atoms with E-state index in [1.54, 1.807) is 7.05 Å². The zero-order valence-electron chi connectivity index (χ0n) is 11.7. The summed E-state index contributed by atoms with van der Waals surface area (Å²) in [4.78, 5) is 0.0777. The minimum atomic E-state index is -3.61. The Morgan fingerprint density at radius 2 is 1.81 bits per heavy atom. The van der Waals surface area contributed by atoms with Crippen LogP contribution in [0.15, 0.2) is 53.4 Å². The fourth-order valence-electron chi connectivity index (χ4n) is 1.95. The summed E-state index contributed by atoms with van der Waals surface area (Å²) in [7, 11) is -2.06. The van der Waals surface area contributed by atoms with Gasteiger partial charge in [0, 0.05) is 19.3 Å². The first-order valence-corrected chi connectivity index (χ1v) is 8.28. The molecule has 0 atom stereocenters. The molecule has 0 unspecified atom stereocenters. The molecule has 2 N–H and O–H groups in total. The van der Waals surface area contributed by atoms with Gasteiger partial charge in [-0.2, -0.15) is 0 Å². The molecule has 0 amide bonds. The highest BCUT2D eigenvalue weighted by Crippen LogP contribution is 2.26. The van der Waals surface area contributed by atoms with Crippen LogP contribution in [0.2, 0.25) is 5.02 Å². The van der Waals surface area contributed by atoms with Crippen LogP contribution in [0.3, 0.4) is 0 Å². The number of benzene rings is 2. The lowest BCUT2D eigenvalue weighted by Gasteiger charge is -2.18. The van der Waals surface area contributed by atoms with Gasteiger partial charge < -0.3 is 5.73 Å². The van der Waals surface area contributed by atoms with Crippen molar-refractivity contribution >= 4 is 27.3 Å². The van der Waals surface area contributed by atoms with E-state index in [9.17, 15) is 8.42 Å². The summed E-state index contributed by atoms with van der Waals surface area (Å²) in [5.41, 5.74) is 7.11. The second-order valence-electron chi connectivity index (χ2n) is 4.75. The molecular formula is C15H17ClN2O2S. The molecule has 21 heavy (non-hydrogen) atoms. The molecular weight excluding hydrogens is 308 g/mol. The smallest absolute Gasteiger partial charge is 0.244 e. The highest BCUT2D eigenvalue weighted by Gasteiger charge is 2.23. The minimum absolute atomic E-state index is 0.0777. The van der Waals surface area contributed by atoms with Crippen LogP contribution in [0.25, 0.3) is 0 Å². The molecule has 2 aromatic rings. The van der Waals surface area contributed by atoms with Crippen molar-refractivity contribution < 1.29 is 8.42 Å². The number of nitrogens with zero attached hydrogens (tertiary/aromatic N) is 1. The quantitative estimate of drug-likeness (QED) is 0.860. The van der Waals surface area contributed by atoms with E-state index >= 15 is 0 Å². The molecule has 0 fully saturated rings. The number of nitrogens with two attached hydrogens (primary N) is 1. The van der Waals surface area contributed by atoms with Gasteiger partial charge in [-0.15, -0.1) is 0 Å². The van der Waals surface area contributed by atoms with Crippen LogP contribution in [0.1, 0.15) is 5.56 Å². The second kappa shape index (κ2) is 6.47. The Labute approximate surface area is 130 Å². The van der Waals surface area contributed by atoms with Crippen LogP contribution in [-0.2, 0) is 16.4 Å². The van der Waals surface area contributed by atoms with Crippen molar-refractivity contribution in [2.45, 2.75) is 11.3 Å². The van der Waals surface area contributed by atoms with Gasteiger partial charge >= 0.3 is 0 Å². The third-order valence-electron chi connectivity index (χ3n) is 3.20. The number of halogens is 1. The van der Waals surface area contributed by atoms with Crippen molar-refractivity contribution in [2.24, 2.45) is 0 Å². The maximum absolute atomic E-state index is 12.5. The predicted octanol–water partition coefficient (Wildman–Crippen LogP) is 2.79. The van der Waals surface area contributed by atoms with Crippen molar-refractivity contribution in [3.8, 4) is 0 Å². The van der Waals surface area contributed by atoms with Crippen molar-refractivity contribution in [1.82, 2.24) is 4.31 Å². The molecule has 4 nitrogen and oxygen atoms in total. The summed E-state index contributed by atoms with van der Waals surface area (Å²) in [6.45, 7) is 0.382. The first kappa shape index (κ1) is 15.8. The molecule has 0 bridgehead atoms. The molecule has 0 aliphatic carbocycles. The third kappa shape index (κ3) is 3.75. The van der Waals surface area contributed by atoms with E-state index < -0.39 is 10.0 Å². The lowest BCUT2D eigenvalue weighted by atomic mass is 10.2. The van der Waals surface area contributed by atoms with E-state index in [4.69, 9.17) is 17.3 Å². The predicted molar refractivity (Wildman–Crippen MR) is 85.8 cm³/mol. The summed E-state index contributed by atoms with van der Waals surface area (Å²) < 4.78 is 26.3. The van der Waals surface area contributed by atoms with Crippen molar-refractivity contribution in [3.05, 3.63) is 59.1 Å². The first-order chi connectivity index (χ1) is 9.91. The summed E-state index contributed by atoms with van der Waals surface area (Å²) in [5, 5.41) is 0.140. The lowest BCUT2D eigenvalue weighted by molar-refractivity contribution is 0.472. The number of hydrogen-bond donors (Lipinski definition) is 1. The zero-order chi connectivity index (χ0) is 15.5. The van der Waals surface area contributed by atoms with Gasteiger partial charge in [0.1, 0.15) is 4.90 Å². The summed E-state index contributed by atoms with van der Waals surface area (Å²) in [5.74, 6) is 0. The Hall–Kier alpha value is -1.56. The van der Waals surface area contributed by atoms with Gasteiger partial charge in [0.15, 0.2) is 0 Å². The van der Waals surface area contributed by atoms with E-state index in [1.807, 2.05) is 30.3 Å². The number of sulfonamides is 1. The average molecular weight is 325 g/mol. The highest BCUT2D eigenvalue weighted by atomic mass is 35.5. The molecule has 0 radical (unpaired) electrons. The van der Waals surface area contributed by atoms with E-state index in [1.165, 1.54) is 22.5 Å². The Morgan fingerprint density at radius 3 is 2.43 bits per heavy atom. The lowest BCUT2D eigenvalue weighted by Crippen LogP contribution is -2.29. The fourth-order valence-corrected chi connectivity index (χ4v) is 3.64. The standard InChI is InChI=1S/C15H17ClN2O2S/c1-18(10-9-12-5-3-2-4-6-12)21(19,20)15-8-7-13(17)11-14(15)16/h2-8,11H,9-10,17H2,1H3. The Bertz CT molecular complexity index is 718. The van der Waals surface area contributed by atoms with Gasteiger partial charge in [0.2, 0.25) is 10.0 Å². The van der Waals surface area contributed by atoms with Gasteiger partial charge in [-0.3, -0.25) is 0 Å². The summed E-state index contributed by atoms with van der Waals surface area (Å²) >= 11 is 5.99. The molecule has 2 aromatic carbocycles. The largest absolute Gasteiger partial charge is 0.399 e. The van der Waals surface area contributed by atoms with E-state index in [2.05, 4.69) is 0 Å². The molecule has 0 aliphatic heterocycles. The minimum Gasteiger partial charge on any atom is -0.399 e. The number of nitrogen functional groups attached to an aromatic ring is 1. The molecule has 0 heterocycles. The van der Waals surface area contributed by atoms with Gasteiger partial charge in [0.25, 0.3) is 0 Å². The van der Waals surface area contributed by atoms with E-state index in [-0.39, 0.29) is 9.92 Å². The molecule has 6 heteroatoms. The van der Waals surface area contributed by atoms with Crippen LogP contribution in [0.4, 0.5) is 5.69 Å². The SMILES string of the molecule is CN(CCc1ccccc1)S(=O)(=O)c1ccc(N)cc1Cl. The molecule has 112 valence electrons. The average Bonchev–Trinajstić information content (AvgIpc) is 2.45. The second-order valence-corrected chi connectivity index (χ2v) is 7.17. The maximum atomic E-state index is 12.5. The molecule has 2 rings (SSSR count). The van der Waals surface area contributed by atoms with Gasteiger partial charge in [0.05, 0.1) is 5.02 Å². The van der Waals surface area contributed by atoms with Crippen molar-refractivity contribution in [1.29, 1.82) is 0 Å². The van der Waals surface area contributed by atoms with E-state index in [0.29, 0.717) is 18.7 Å². The molecule has 0 saturated heterocycles. The van der Waals surface area contributed by atoms with Crippen LogP contribution < -0.4 is 5.73 Å². The van der Waals surface area contributed by atoms with Gasteiger partial charge in [-0.1, -0.05) is 41.9 Å². The van der Waals surface area contributed by atoms with Crippen LogP contribution in [0.5, 0.6) is 0 Å². The number of hydrogen-bond acceptors (Lipinski definition) is 3. The first-order valence-electron chi connectivity index (χ1n) is 6.46. The highest BCUT2D eigenvalue weighted by molar-refractivity contribution is 7.89. The van der Waals surface area contributed by atoms with Crippen LogP contribution in [-0.4, -0.2) is 26.3 Å². The summed E-state index contributed by atoms with van der Waals surface area (Å²) in [6, 6.07) is 14.1. The Morgan fingerprint density at radius 1 is 1.14 bits per heavy atom. The molecule has 0 saturated carbocycles. The van der Waals surface area contributed by atoms with Crippen molar-refractivity contribution in [3.63, 3.8) is 0 Å². The maximum Gasteiger partial charge on any atom is 0.244 e. The number of rotatable bonds is 5. The van der Waals surface area contributed by atoms with Crippen LogP contribution in [0, 0.1) is 0 Å². The van der Waals surface area contributed by atoms with E-state index in [0.717, 1.165) is 5.56 Å². The normalized spacial score (nSPS) is 11.8. The number of likely N-dealkylation sites (N-methyl/N-ethyl adjacent to an activating group) is 1. The van der Waals surface area contributed by atoms with Gasteiger partial charge in [-0.25, -0.2) is 12.7 Å². The van der Waals surface area contributed by atoms with Gasteiger partial charge in [-0.05, 0) is 30.2 Å². The zero-order valence-corrected chi connectivity index (χ0v) is 13.2. The Kier molecular flexibility index (Phi) is 4.88. The summed E-state index contributed by atoms with van der Waals surface area (Å²) in [6.07, 6.45) is 0.642. The molecule has 0 spiro atoms. The topological polar surface area (TPSA) is 63.4 Å². The molecule has 0 aliphatic rings. The fraction of sp³-hybridized carbons (Fsp3) is 0.200. The Balaban J connectivity index is 2.15. The van der Waals surface area contributed by atoms with Crippen LogP contribution >= 0.6 is 11.6 Å². The third-order valence-corrected chi connectivity index (χ3v) is 5.54. The molecule has 0 aromatic heterocycles. The monoisotopic (exact) mass is 324 g/mol.